The van der Waals surface area contributed by atoms with Crippen LogP contribution in [0.2, 0.25) is 0 Å². The Morgan fingerprint density at radius 2 is 2.33 bits per heavy atom. The quantitative estimate of drug-likeness (QED) is 0.681. The summed E-state index contributed by atoms with van der Waals surface area (Å²) in [7, 11) is 0. The molecule has 1 aromatic heterocycles. The van der Waals surface area contributed by atoms with Crippen LogP contribution >= 0.6 is 11.3 Å². The average Bonchev–Trinajstić information content (AvgIpc) is 3.00. The van der Waals surface area contributed by atoms with Gasteiger partial charge in [-0.25, -0.2) is 0 Å². The van der Waals surface area contributed by atoms with E-state index in [2.05, 4.69) is 10.5 Å². The van der Waals surface area contributed by atoms with E-state index in [1.807, 2.05) is 23.6 Å². The van der Waals surface area contributed by atoms with E-state index in [1.54, 1.807) is 37.4 Å². The second kappa shape index (κ2) is 7.22. The Bertz CT molecular complexity index is 674. The van der Waals surface area contributed by atoms with Gasteiger partial charge in [0.1, 0.15) is 0 Å². The van der Waals surface area contributed by atoms with Crippen LogP contribution < -0.4 is 5.32 Å². The minimum atomic E-state index is -0.730. The van der Waals surface area contributed by atoms with Crippen LogP contribution in [0.5, 0.6) is 0 Å². The molecule has 1 atom stereocenters. The fraction of sp³-hybridized carbons (Fsp3) is 0.133. The van der Waals surface area contributed by atoms with E-state index in [1.165, 1.54) is 11.3 Å². The van der Waals surface area contributed by atoms with Gasteiger partial charge in [-0.05, 0) is 36.6 Å². The van der Waals surface area contributed by atoms with E-state index in [0.29, 0.717) is 11.3 Å². The Morgan fingerprint density at radius 3 is 3.05 bits per heavy atom. The number of anilines is 1. The lowest BCUT2D eigenvalue weighted by Crippen LogP contribution is -2.26. The molecule has 21 heavy (non-hydrogen) atoms. The zero-order valence-electron chi connectivity index (χ0n) is 11.3. The molecule has 2 rings (SSSR count). The number of nitrogens with one attached hydrogen (secondary N) is 1. The van der Waals surface area contributed by atoms with Crippen molar-refractivity contribution in [3.05, 3.63) is 52.2 Å². The van der Waals surface area contributed by atoms with Crippen molar-refractivity contribution in [2.24, 2.45) is 5.16 Å². The Balaban J connectivity index is 1.89. The topological polar surface area (TPSA) is 74.5 Å². The Hall–Kier alpha value is -2.65. The van der Waals surface area contributed by atoms with Gasteiger partial charge in [-0.3, -0.25) is 4.79 Å². The van der Waals surface area contributed by atoms with E-state index >= 15 is 0 Å². The number of carbonyl (C=O) groups is 1. The predicted octanol–water partition coefficient (Wildman–Crippen LogP) is 3.00. The lowest BCUT2D eigenvalue weighted by molar-refractivity contribution is -0.126. The number of hydrogen-bond donors (Lipinski definition) is 1. The third-order valence-corrected chi connectivity index (χ3v) is 3.38. The van der Waals surface area contributed by atoms with Crippen molar-refractivity contribution >= 4 is 29.1 Å². The molecule has 1 heterocycles. The Labute approximate surface area is 126 Å². The maximum Gasteiger partial charge on any atom is 0.267 e. The van der Waals surface area contributed by atoms with Gasteiger partial charge >= 0.3 is 0 Å². The first-order valence-corrected chi connectivity index (χ1v) is 7.11. The second-order valence-electron chi connectivity index (χ2n) is 4.18. The van der Waals surface area contributed by atoms with Crippen LogP contribution in [-0.4, -0.2) is 18.2 Å². The van der Waals surface area contributed by atoms with Crippen LogP contribution in [-0.2, 0) is 9.63 Å². The maximum absolute atomic E-state index is 11.9. The van der Waals surface area contributed by atoms with Gasteiger partial charge in [0, 0.05) is 10.6 Å². The molecule has 2 aromatic rings. The van der Waals surface area contributed by atoms with E-state index in [-0.39, 0.29) is 5.91 Å². The number of nitrogens with zero attached hydrogens (tertiary/aromatic N) is 2. The van der Waals surface area contributed by atoms with Crippen LogP contribution in [0.15, 0.2) is 46.9 Å². The minimum absolute atomic E-state index is 0.326. The summed E-state index contributed by atoms with van der Waals surface area (Å²) in [6.07, 6.45) is 0.831. The predicted molar refractivity (Wildman–Crippen MR) is 82.2 cm³/mol. The Kier molecular flexibility index (Phi) is 5.07. The van der Waals surface area contributed by atoms with Gasteiger partial charge < -0.3 is 10.2 Å². The highest BCUT2D eigenvalue weighted by Gasteiger charge is 2.14. The standard InChI is InChI=1S/C15H13N3O2S/c1-11(20-17-10-14-6-3-7-21-14)15(19)18-13-5-2-4-12(8-13)9-16/h2-8,10-11H,1H3,(H,18,19)/b17-10+. The summed E-state index contributed by atoms with van der Waals surface area (Å²) in [5, 5.41) is 17.2. The SMILES string of the molecule is CC(O/N=C/c1cccs1)C(=O)Nc1cccc(C#N)c1. The molecule has 0 aliphatic heterocycles. The molecule has 1 unspecified atom stereocenters. The fourth-order valence-electron chi connectivity index (χ4n) is 1.50. The number of thiophene rings is 1. The van der Waals surface area contributed by atoms with Crippen LogP contribution in [0.3, 0.4) is 0 Å². The summed E-state index contributed by atoms with van der Waals surface area (Å²) in [6, 6.07) is 12.5. The highest BCUT2D eigenvalue weighted by Crippen LogP contribution is 2.11. The normalized spacial score (nSPS) is 11.8. The molecular formula is C15H13N3O2S. The van der Waals surface area contributed by atoms with Gasteiger partial charge in [0.05, 0.1) is 17.8 Å². The zero-order chi connectivity index (χ0) is 15.1. The Morgan fingerprint density at radius 1 is 1.48 bits per heavy atom. The van der Waals surface area contributed by atoms with Gasteiger partial charge in [-0.1, -0.05) is 17.3 Å². The molecule has 0 fully saturated rings. The highest BCUT2D eigenvalue weighted by molar-refractivity contribution is 7.11. The maximum atomic E-state index is 11.9. The first-order chi connectivity index (χ1) is 10.2. The lowest BCUT2D eigenvalue weighted by Gasteiger charge is -2.10. The summed E-state index contributed by atoms with van der Waals surface area (Å²) < 4.78 is 0. The molecule has 0 bridgehead atoms. The number of nitriles is 1. The summed E-state index contributed by atoms with van der Waals surface area (Å²) in [5.41, 5.74) is 1.04. The molecular weight excluding hydrogens is 286 g/mol. The molecule has 0 radical (unpaired) electrons. The van der Waals surface area contributed by atoms with Crippen molar-refractivity contribution in [2.45, 2.75) is 13.0 Å². The summed E-state index contributed by atoms with van der Waals surface area (Å²) in [5.74, 6) is -0.326. The van der Waals surface area contributed by atoms with Crippen LogP contribution in [0.25, 0.3) is 0 Å². The van der Waals surface area contributed by atoms with Crippen molar-refractivity contribution in [3.63, 3.8) is 0 Å². The van der Waals surface area contributed by atoms with E-state index in [4.69, 9.17) is 10.1 Å². The van der Waals surface area contributed by atoms with E-state index in [9.17, 15) is 4.79 Å². The second-order valence-corrected chi connectivity index (χ2v) is 5.16. The van der Waals surface area contributed by atoms with E-state index in [0.717, 1.165) is 4.88 Å². The first-order valence-electron chi connectivity index (χ1n) is 6.23. The summed E-state index contributed by atoms with van der Waals surface area (Å²) in [4.78, 5) is 18.0. The van der Waals surface area contributed by atoms with Crippen molar-refractivity contribution < 1.29 is 9.63 Å². The van der Waals surface area contributed by atoms with Gasteiger partial charge in [0.15, 0.2) is 0 Å². The lowest BCUT2D eigenvalue weighted by atomic mass is 10.2. The molecule has 0 aliphatic rings. The van der Waals surface area contributed by atoms with Gasteiger partial charge in [0.25, 0.3) is 5.91 Å². The van der Waals surface area contributed by atoms with Gasteiger partial charge in [-0.15, -0.1) is 11.3 Å². The fourth-order valence-corrected chi connectivity index (χ4v) is 2.07. The number of benzene rings is 1. The molecule has 6 heteroatoms. The zero-order valence-corrected chi connectivity index (χ0v) is 12.1. The average molecular weight is 299 g/mol. The molecule has 0 saturated heterocycles. The molecule has 0 aliphatic carbocycles. The van der Waals surface area contributed by atoms with Crippen molar-refractivity contribution in [1.29, 1.82) is 5.26 Å². The smallest absolute Gasteiger partial charge is 0.267 e. The van der Waals surface area contributed by atoms with Gasteiger partial charge in [-0.2, -0.15) is 5.26 Å². The molecule has 0 saturated carbocycles. The van der Waals surface area contributed by atoms with Crippen molar-refractivity contribution in [3.8, 4) is 6.07 Å². The number of rotatable bonds is 5. The minimum Gasteiger partial charge on any atom is -0.383 e. The number of hydrogen-bond acceptors (Lipinski definition) is 5. The highest BCUT2D eigenvalue weighted by atomic mass is 32.1. The molecule has 5 nitrogen and oxygen atoms in total. The summed E-state index contributed by atoms with van der Waals surface area (Å²) in [6.45, 7) is 1.61. The molecule has 1 aromatic carbocycles. The van der Waals surface area contributed by atoms with Crippen LogP contribution in [0.1, 0.15) is 17.4 Å². The third kappa shape index (κ3) is 4.44. The first kappa shape index (κ1) is 14.8. The van der Waals surface area contributed by atoms with Gasteiger partial charge in [0.2, 0.25) is 6.10 Å². The molecule has 1 N–H and O–H groups in total. The summed E-state index contributed by atoms with van der Waals surface area (Å²) >= 11 is 1.53. The molecule has 1 amide bonds. The monoisotopic (exact) mass is 299 g/mol. The number of carbonyl (C=O) groups excluding carboxylic acids is 1. The van der Waals surface area contributed by atoms with Crippen LogP contribution in [0.4, 0.5) is 5.69 Å². The number of oxime groups is 1. The van der Waals surface area contributed by atoms with Crippen LogP contribution in [0, 0.1) is 11.3 Å². The molecule has 106 valence electrons. The molecule has 0 spiro atoms. The third-order valence-electron chi connectivity index (χ3n) is 2.57. The largest absolute Gasteiger partial charge is 0.383 e. The van der Waals surface area contributed by atoms with E-state index < -0.39 is 6.10 Å². The van der Waals surface area contributed by atoms with Crippen molar-refractivity contribution in [2.75, 3.05) is 5.32 Å². The number of amides is 1. The van der Waals surface area contributed by atoms with Crippen molar-refractivity contribution in [1.82, 2.24) is 0 Å².